The Morgan fingerprint density at radius 2 is 1.67 bits per heavy atom. The van der Waals surface area contributed by atoms with Gasteiger partial charge in [-0.3, -0.25) is 9.80 Å². The van der Waals surface area contributed by atoms with Crippen LogP contribution in [0.1, 0.15) is 71.9 Å². The number of benzene rings is 2. The zero-order valence-electron chi connectivity index (χ0n) is 32.1. The van der Waals surface area contributed by atoms with Gasteiger partial charge in [0.15, 0.2) is 0 Å². The molecule has 2 aliphatic heterocycles. The molecule has 4 aromatic rings. The van der Waals surface area contributed by atoms with Crippen LogP contribution in [-0.2, 0) is 9.47 Å². The number of pyridine rings is 1. The van der Waals surface area contributed by atoms with Crippen molar-refractivity contribution in [3.05, 3.63) is 115 Å². The average Bonchev–Trinajstić information content (AvgIpc) is 3.68. The van der Waals surface area contributed by atoms with Crippen molar-refractivity contribution in [3.63, 3.8) is 0 Å². The van der Waals surface area contributed by atoms with E-state index in [1.165, 1.54) is 0 Å². The molecule has 0 bridgehead atoms. The quantitative estimate of drug-likeness (QED) is 0.168. The van der Waals surface area contributed by atoms with Crippen LogP contribution >= 0.6 is 0 Å². The van der Waals surface area contributed by atoms with Crippen LogP contribution in [0.2, 0.25) is 0 Å². The Kier molecular flexibility index (Phi) is 7.67. The van der Waals surface area contributed by atoms with Gasteiger partial charge in [-0.25, -0.2) is 19.6 Å². The normalized spacial score (nSPS) is 26.4. The second kappa shape index (κ2) is 12.1. The third-order valence-corrected chi connectivity index (χ3v) is 11.3. The van der Waals surface area contributed by atoms with Crippen molar-refractivity contribution in [2.24, 2.45) is 17.6 Å². The van der Waals surface area contributed by atoms with Crippen molar-refractivity contribution in [2.75, 3.05) is 0 Å². The van der Waals surface area contributed by atoms with Crippen molar-refractivity contribution in [1.82, 2.24) is 30.1 Å². The van der Waals surface area contributed by atoms with Gasteiger partial charge in [0.1, 0.15) is 22.6 Å². The van der Waals surface area contributed by atoms with Gasteiger partial charge in [-0.15, -0.1) is 0 Å². The number of aromatic nitrogens is 3. The molecule has 5 aliphatic rings. The molecule has 4 N–H and O–H groups in total. The minimum atomic E-state index is -0.581. The Morgan fingerprint density at radius 3 is 2.38 bits per heavy atom. The van der Waals surface area contributed by atoms with Crippen LogP contribution in [0.5, 0.6) is 0 Å². The number of likely N-dealkylation sites (tertiary alicyclic amines) is 2. The second-order valence-electron chi connectivity index (χ2n) is 17.4. The monoisotopic (exact) mass is 737 g/mol. The van der Waals surface area contributed by atoms with Crippen molar-refractivity contribution in [1.29, 1.82) is 0 Å². The molecule has 282 valence electrons. The highest BCUT2D eigenvalue weighted by Gasteiger charge is 2.70. The standard InChI is InChI=1S/C44H47N7O4/c1-24-30-20-44(51(38(24)30)41(53)55-43(5,6)7)21-37(44)46-22-31(45)33-16-13-28-18-27(12-15-32(28)48-33)25-8-10-26(11-9-25)34-23-47-39(49-34)36-19-29-14-17-35(29)50(36)40(52)54-42(2,3)4/h8-18,21-23,29-30,35-36,38,46H,1,19-20,45H2,2-7H3,(H,47,49)/b31-22-/t29-,30+,35-,36+,38-,44?/m1/s1. The number of amides is 2. The minimum Gasteiger partial charge on any atom is -0.444 e. The summed E-state index contributed by atoms with van der Waals surface area (Å²) in [7, 11) is 0. The second-order valence-corrected chi connectivity index (χ2v) is 17.4. The highest BCUT2D eigenvalue weighted by atomic mass is 16.6. The average molecular weight is 738 g/mol. The van der Waals surface area contributed by atoms with Gasteiger partial charge in [0, 0.05) is 29.1 Å². The number of piperidine rings is 1. The fraction of sp³-hybridized carbons (Fsp3) is 0.364. The molecule has 11 nitrogen and oxygen atoms in total. The number of nitrogens with one attached hydrogen (secondary N) is 2. The van der Waals surface area contributed by atoms with E-state index in [4.69, 9.17) is 25.2 Å². The first-order valence-electron chi connectivity index (χ1n) is 19.0. The predicted octanol–water partition coefficient (Wildman–Crippen LogP) is 8.21. The molecule has 3 fully saturated rings. The van der Waals surface area contributed by atoms with Crippen molar-refractivity contribution in [2.45, 2.75) is 89.3 Å². The highest BCUT2D eigenvalue weighted by Crippen LogP contribution is 2.63. The van der Waals surface area contributed by atoms with Gasteiger partial charge in [0.05, 0.1) is 46.9 Å². The van der Waals surface area contributed by atoms with Crippen LogP contribution < -0.4 is 11.1 Å². The van der Waals surface area contributed by atoms with E-state index < -0.39 is 16.7 Å². The van der Waals surface area contributed by atoms with Crippen LogP contribution in [0.3, 0.4) is 0 Å². The fourth-order valence-electron chi connectivity index (χ4n) is 8.42. The largest absolute Gasteiger partial charge is 0.444 e. The number of fused-ring (bicyclic) bond motifs is 3. The molecule has 1 saturated carbocycles. The number of nitrogens with zero attached hydrogens (tertiary/aromatic N) is 4. The molecule has 1 unspecified atom stereocenters. The Hall–Kier alpha value is -5.84. The van der Waals surface area contributed by atoms with E-state index in [1.807, 2.05) is 75.7 Å². The molecule has 0 radical (unpaired) electrons. The molecule has 2 aromatic heterocycles. The molecule has 4 heterocycles. The van der Waals surface area contributed by atoms with Gasteiger partial charge in [0.25, 0.3) is 0 Å². The van der Waals surface area contributed by atoms with Crippen LogP contribution in [0.15, 0.2) is 103 Å². The first-order chi connectivity index (χ1) is 26.1. The summed E-state index contributed by atoms with van der Waals surface area (Å²) in [4.78, 5) is 43.1. The molecule has 2 saturated heterocycles. The summed E-state index contributed by atoms with van der Waals surface area (Å²) in [5.41, 5.74) is 13.0. The number of imidazole rings is 1. The van der Waals surface area contributed by atoms with Gasteiger partial charge < -0.3 is 25.5 Å². The predicted molar refractivity (Wildman–Crippen MR) is 212 cm³/mol. The number of H-pyrrole nitrogens is 1. The molecule has 1 spiro atoms. The minimum absolute atomic E-state index is 0.0242. The van der Waals surface area contributed by atoms with E-state index in [2.05, 4.69) is 71.5 Å². The maximum absolute atomic E-state index is 13.2. The lowest BCUT2D eigenvalue weighted by molar-refractivity contribution is 0.0153. The van der Waals surface area contributed by atoms with Crippen molar-refractivity contribution < 1.29 is 19.1 Å². The molecule has 3 aliphatic carbocycles. The highest BCUT2D eigenvalue weighted by molar-refractivity contribution is 5.86. The summed E-state index contributed by atoms with van der Waals surface area (Å²) in [6.45, 7) is 15.5. The maximum Gasteiger partial charge on any atom is 0.411 e. The van der Waals surface area contributed by atoms with Gasteiger partial charge in [-0.1, -0.05) is 55.1 Å². The molecule has 2 aromatic carbocycles. The topological polar surface area (TPSA) is 139 Å². The number of hydrogen-bond acceptors (Lipinski definition) is 8. The van der Waals surface area contributed by atoms with Crippen molar-refractivity contribution in [3.8, 4) is 22.4 Å². The lowest BCUT2D eigenvalue weighted by atomic mass is 9.89. The maximum atomic E-state index is 13.2. The third-order valence-electron chi connectivity index (χ3n) is 11.3. The molecule has 9 rings (SSSR count). The number of carbonyl (C=O) groups is 2. The summed E-state index contributed by atoms with van der Waals surface area (Å²) in [6, 6.07) is 18.4. The van der Waals surface area contributed by atoms with Gasteiger partial charge in [-0.05, 0) is 101 Å². The number of ether oxygens (including phenoxy) is 2. The number of aromatic amines is 1. The number of carbonyl (C=O) groups excluding carboxylic acids is 2. The summed E-state index contributed by atoms with van der Waals surface area (Å²) >= 11 is 0. The molecular formula is C44H47N7O4. The van der Waals surface area contributed by atoms with Gasteiger partial charge in [0.2, 0.25) is 0 Å². The molecular weight excluding hydrogens is 691 g/mol. The lowest BCUT2D eigenvalue weighted by Gasteiger charge is -2.33. The molecule has 6 atom stereocenters. The first-order valence-corrected chi connectivity index (χ1v) is 19.0. The van der Waals surface area contributed by atoms with Crippen LogP contribution in [0.4, 0.5) is 9.59 Å². The van der Waals surface area contributed by atoms with Crippen LogP contribution in [-0.4, -0.2) is 65.8 Å². The van der Waals surface area contributed by atoms with Crippen LogP contribution in [0, 0.1) is 11.8 Å². The Bertz CT molecular complexity index is 2360. The summed E-state index contributed by atoms with van der Waals surface area (Å²) in [6.07, 6.45) is 10.9. The van der Waals surface area contributed by atoms with E-state index >= 15 is 0 Å². The van der Waals surface area contributed by atoms with E-state index in [0.29, 0.717) is 23.2 Å². The zero-order chi connectivity index (χ0) is 38.6. The smallest absolute Gasteiger partial charge is 0.411 e. The van der Waals surface area contributed by atoms with Gasteiger partial charge >= 0.3 is 12.2 Å². The summed E-state index contributed by atoms with van der Waals surface area (Å²) in [5.74, 6) is 1.39. The SMILES string of the molecule is C=C1[C@@H]2[C@H]1CC1(C=C1N/C=C(\N)c1ccc3cc(-c4ccc(-c5cnc([C@@H]6C[C@H]7C=C[C@H]7N6C(=O)OC(C)(C)C)[nH]5)cc4)ccc3n1)N2C(=O)OC(C)(C)C. The fourth-order valence-corrected chi connectivity index (χ4v) is 8.42. The van der Waals surface area contributed by atoms with E-state index in [0.717, 1.165) is 63.2 Å². The molecule has 2 amide bonds. The molecule has 55 heavy (non-hydrogen) atoms. The Balaban J connectivity index is 0.860. The lowest BCUT2D eigenvalue weighted by Crippen LogP contribution is -2.46. The number of nitrogens with two attached hydrogens (primary N) is 1. The summed E-state index contributed by atoms with van der Waals surface area (Å²) in [5, 5.41) is 4.35. The van der Waals surface area contributed by atoms with Gasteiger partial charge in [-0.2, -0.15) is 0 Å². The Morgan fingerprint density at radius 1 is 0.964 bits per heavy atom. The van der Waals surface area contributed by atoms with Crippen LogP contribution in [0.25, 0.3) is 39.0 Å². The van der Waals surface area contributed by atoms with E-state index in [9.17, 15) is 9.59 Å². The number of hydrogen-bond donors (Lipinski definition) is 3. The third kappa shape index (κ3) is 6.15. The zero-order valence-corrected chi connectivity index (χ0v) is 32.1. The molecule has 11 heteroatoms. The van der Waals surface area contributed by atoms with Crippen molar-refractivity contribution >= 4 is 28.8 Å². The number of rotatable bonds is 6. The first kappa shape index (κ1) is 34.9. The van der Waals surface area contributed by atoms with E-state index in [1.54, 1.807) is 6.20 Å². The van der Waals surface area contributed by atoms with E-state index in [-0.39, 0.29) is 30.3 Å². The Labute approximate surface area is 321 Å². The summed E-state index contributed by atoms with van der Waals surface area (Å²) < 4.78 is 11.5.